The number of hydrogen-bond donors (Lipinski definition) is 2. The van der Waals surface area contributed by atoms with Crippen LogP contribution in [0.4, 0.5) is 0 Å². The van der Waals surface area contributed by atoms with Gasteiger partial charge in [0.1, 0.15) is 11.5 Å². The van der Waals surface area contributed by atoms with E-state index in [2.05, 4.69) is 15.9 Å². The van der Waals surface area contributed by atoms with Gasteiger partial charge in [-0.3, -0.25) is 29.6 Å². The van der Waals surface area contributed by atoms with Crippen molar-refractivity contribution in [2.45, 2.75) is 0 Å². The molecule has 186 valence electrons. The largest absolute Gasteiger partial charge is 0.497 e. The molecule has 0 atom stereocenters. The molecule has 2 aliphatic heterocycles. The van der Waals surface area contributed by atoms with Crippen LogP contribution in [0.3, 0.4) is 0 Å². The van der Waals surface area contributed by atoms with Gasteiger partial charge in [-0.15, -0.1) is 10.1 Å². The lowest BCUT2D eigenvalue weighted by molar-refractivity contribution is -0.0381. The Kier molecular flexibility index (Phi) is 5.91. The summed E-state index contributed by atoms with van der Waals surface area (Å²) < 4.78 is 11.0. The number of hydrogen-bond acceptors (Lipinski definition) is 8. The molecule has 6 rings (SSSR count). The maximum atomic E-state index is 12.0. The summed E-state index contributed by atoms with van der Waals surface area (Å²) in [6.45, 7) is 0. The van der Waals surface area contributed by atoms with E-state index in [1.54, 1.807) is 42.5 Å². The molecule has 10 nitrogen and oxygen atoms in total. The maximum absolute atomic E-state index is 12.0. The van der Waals surface area contributed by atoms with E-state index in [1.807, 2.05) is 0 Å². The zero-order chi connectivity index (χ0) is 26.6. The Balaban J connectivity index is 0.000000152. The Morgan fingerprint density at radius 3 is 1.81 bits per heavy atom. The van der Waals surface area contributed by atoms with Gasteiger partial charge in [0, 0.05) is 16.2 Å². The van der Waals surface area contributed by atoms with Crippen LogP contribution in [-0.2, 0) is 0 Å². The normalized spacial score (nSPS) is 14.2. The molecule has 2 heterocycles. The lowest BCUT2D eigenvalue weighted by Gasteiger charge is -2.23. The first-order valence-electron chi connectivity index (χ1n) is 10.7. The molecule has 4 aromatic carbocycles. The van der Waals surface area contributed by atoms with Crippen molar-refractivity contribution in [1.82, 2.24) is 10.1 Å². The zero-order valence-electron chi connectivity index (χ0n) is 19.3. The van der Waals surface area contributed by atoms with Crippen LogP contribution in [0.1, 0.15) is 41.4 Å². The second-order valence-electron chi connectivity index (χ2n) is 8.09. The van der Waals surface area contributed by atoms with Gasteiger partial charge in [0.15, 0.2) is 0 Å². The molecule has 0 aliphatic carbocycles. The van der Waals surface area contributed by atoms with Gasteiger partial charge in [-0.1, -0.05) is 24.3 Å². The minimum Gasteiger partial charge on any atom is -0.497 e. The molecule has 11 heteroatoms. The molecule has 0 saturated carbocycles. The van der Waals surface area contributed by atoms with Crippen molar-refractivity contribution in [3.05, 3.63) is 81.3 Å². The minimum atomic E-state index is -0.750. The Morgan fingerprint density at radius 1 is 0.676 bits per heavy atom. The van der Waals surface area contributed by atoms with Gasteiger partial charge in [0.2, 0.25) is 0 Å². The SMILES string of the molecule is COc1cc2c3c(cccc3c1)C(=O)N(O)C2=O.COc1cc2c3c(cccc3c1Br)C(=O)N(O)C2=O. The van der Waals surface area contributed by atoms with Gasteiger partial charge < -0.3 is 9.47 Å². The first-order valence-corrected chi connectivity index (χ1v) is 11.5. The number of halogens is 1. The third kappa shape index (κ3) is 3.63. The summed E-state index contributed by atoms with van der Waals surface area (Å²) in [5, 5.41) is 21.8. The van der Waals surface area contributed by atoms with Crippen molar-refractivity contribution in [2.24, 2.45) is 0 Å². The molecule has 0 bridgehead atoms. The molecule has 0 aromatic heterocycles. The number of rotatable bonds is 2. The van der Waals surface area contributed by atoms with Crippen molar-refractivity contribution in [2.75, 3.05) is 14.2 Å². The molecule has 2 aliphatic rings. The second kappa shape index (κ2) is 8.96. The number of benzene rings is 4. The van der Waals surface area contributed by atoms with Gasteiger partial charge in [-0.25, -0.2) is 0 Å². The molecule has 4 amide bonds. The topological polar surface area (TPSA) is 134 Å². The highest BCUT2D eigenvalue weighted by atomic mass is 79.9. The van der Waals surface area contributed by atoms with Crippen LogP contribution in [0.15, 0.2) is 59.1 Å². The van der Waals surface area contributed by atoms with Crippen LogP contribution in [-0.4, -0.2) is 58.4 Å². The molecule has 4 aromatic rings. The van der Waals surface area contributed by atoms with Crippen LogP contribution in [0.2, 0.25) is 0 Å². The van der Waals surface area contributed by atoms with E-state index in [-0.39, 0.29) is 26.8 Å². The molecular weight excluding hydrogens is 548 g/mol. The van der Waals surface area contributed by atoms with Gasteiger partial charge in [0.05, 0.1) is 40.9 Å². The fourth-order valence-corrected chi connectivity index (χ4v) is 5.03. The smallest absolute Gasteiger partial charge is 0.285 e. The van der Waals surface area contributed by atoms with Gasteiger partial charge in [-0.05, 0) is 51.6 Å². The fraction of sp³-hybridized carbons (Fsp3) is 0.0769. The lowest BCUT2D eigenvalue weighted by Crippen LogP contribution is -2.37. The van der Waals surface area contributed by atoms with Crippen molar-refractivity contribution in [3.63, 3.8) is 0 Å². The number of ether oxygens (including phenoxy) is 2. The van der Waals surface area contributed by atoms with Crippen molar-refractivity contribution in [3.8, 4) is 11.5 Å². The summed E-state index contributed by atoms with van der Waals surface area (Å²) in [4.78, 5) is 47.5. The van der Waals surface area contributed by atoms with E-state index in [1.165, 1.54) is 26.4 Å². The molecule has 0 radical (unpaired) electrons. The first-order chi connectivity index (χ1) is 17.7. The minimum absolute atomic E-state index is 0.129. The lowest BCUT2D eigenvalue weighted by atomic mass is 9.94. The summed E-state index contributed by atoms with van der Waals surface area (Å²) in [5.74, 6) is -1.94. The monoisotopic (exact) mass is 564 g/mol. The molecule has 0 unspecified atom stereocenters. The number of imide groups is 2. The van der Waals surface area contributed by atoms with Crippen LogP contribution in [0.25, 0.3) is 21.5 Å². The van der Waals surface area contributed by atoms with Crippen molar-refractivity contribution < 1.29 is 39.1 Å². The van der Waals surface area contributed by atoms with Crippen LogP contribution in [0, 0.1) is 0 Å². The second-order valence-corrected chi connectivity index (χ2v) is 8.88. The average Bonchev–Trinajstić information content (AvgIpc) is 2.92. The summed E-state index contributed by atoms with van der Waals surface area (Å²) in [7, 11) is 2.98. The number of carbonyl (C=O) groups is 4. The Bertz CT molecular complexity index is 1680. The van der Waals surface area contributed by atoms with Crippen molar-refractivity contribution in [1.29, 1.82) is 0 Å². The maximum Gasteiger partial charge on any atom is 0.285 e. The predicted molar refractivity (Wildman–Crippen MR) is 133 cm³/mol. The van der Waals surface area contributed by atoms with Crippen LogP contribution in [0.5, 0.6) is 11.5 Å². The number of amides is 4. The van der Waals surface area contributed by atoms with E-state index in [9.17, 15) is 29.6 Å². The van der Waals surface area contributed by atoms with E-state index < -0.39 is 23.6 Å². The van der Waals surface area contributed by atoms with Crippen LogP contribution >= 0.6 is 15.9 Å². The number of carbonyl (C=O) groups excluding carboxylic acids is 4. The highest BCUT2D eigenvalue weighted by Gasteiger charge is 2.34. The van der Waals surface area contributed by atoms with Gasteiger partial charge >= 0.3 is 0 Å². The fourth-order valence-electron chi connectivity index (χ4n) is 4.43. The van der Waals surface area contributed by atoms with E-state index in [0.717, 1.165) is 5.39 Å². The molecule has 0 spiro atoms. The average molecular weight is 565 g/mol. The molecular formula is C26H17BrN2O8. The number of methoxy groups -OCH3 is 2. The first kappa shape index (κ1) is 24.4. The van der Waals surface area contributed by atoms with E-state index in [0.29, 0.717) is 37.7 Å². The quantitative estimate of drug-likeness (QED) is 0.270. The summed E-state index contributed by atoms with van der Waals surface area (Å²) in [6.07, 6.45) is 0. The number of hydroxylamine groups is 4. The number of nitrogens with zero attached hydrogens (tertiary/aromatic N) is 2. The zero-order valence-corrected chi connectivity index (χ0v) is 20.9. The summed E-state index contributed by atoms with van der Waals surface area (Å²) in [6, 6.07) is 14.9. The molecule has 0 saturated heterocycles. The van der Waals surface area contributed by atoms with Gasteiger partial charge in [-0.2, -0.15) is 0 Å². The summed E-state index contributed by atoms with van der Waals surface area (Å²) in [5.41, 5.74) is 1.11. The molecule has 2 N–H and O–H groups in total. The van der Waals surface area contributed by atoms with Crippen LogP contribution < -0.4 is 9.47 Å². The highest BCUT2D eigenvalue weighted by Crippen LogP contribution is 2.39. The van der Waals surface area contributed by atoms with E-state index >= 15 is 0 Å². The predicted octanol–water partition coefficient (Wildman–Crippen LogP) is 4.43. The van der Waals surface area contributed by atoms with Gasteiger partial charge in [0.25, 0.3) is 23.6 Å². The van der Waals surface area contributed by atoms with E-state index in [4.69, 9.17) is 9.47 Å². The summed E-state index contributed by atoms with van der Waals surface area (Å²) >= 11 is 3.39. The third-order valence-electron chi connectivity index (χ3n) is 6.16. The Hall–Kier alpha value is -4.32. The third-order valence-corrected chi connectivity index (χ3v) is 6.98. The standard InChI is InChI=1S/C13H8BrNO4.C13H9NO4/c1-19-9-5-8-10-6(11(9)14)3-2-4-7(10)12(16)15(18)13(8)17;1-18-8-5-7-3-2-4-9-11(7)10(6-8)13(16)14(17)12(9)15/h2-5,18H,1H3;2-6,17H,1H3. The highest BCUT2D eigenvalue weighted by molar-refractivity contribution is 9.10. The Morgan fingerprint density at radius 2 is 1.22 bits per heavy atom. The van der Waals surface area contributed by atoms with Crippen molar-refractivity contribution >= 4 is 61.1 Å². The molecule has 0 fully saturated rings. The Labute approximate surface area is 217 Å². The molecule has 37 heavy (non-hydrogen) atoms.